The molecule has 0 unspecified atom stereocenters. The van der Waals surface area contributed by atoms with E-state index >= 15 is 0 Å². The average Bonchev–Trinajstić information content (AvgIpc) is 2.57. The standard InChI is InChI=1S/C19H21ClN2O3/c1-14(23)15-3-7-17(8-4-15)21-19(24)13-22(2)11-12-25-18-9-5-16(20)6-10-18/h3-10H,11-13H2,1-2H3,(H,21,24). The third-order valence-corrected chi connectivity index (χ3v) is 3.80. The normalized spacial score (nSPS) is 10.6. The highest BCUT2D eigenvalue weighted by atomic mass is 35.5. The van der Waals surface area contributed by atoms with Crippen LogP contribution in [0.3, 0.4) is 0 Å². The molecule has 0 heterocycles. The predicted molar refractivity (Wildman–Crippen MR) is 99.5 cm³/mol. The lowest BCUT2D eigenvalue weighted by Crippen LogP contribution is -2.33. The van der Waals surface area contributed by atoms with Crippen LogP contribution in [0.4, 0.5) is 5.69 Å². The lowest BCUT2D eigenvalue weighted by Gasteiger charge is -2.16. The van der Waals surface area contributed by atoms with Crippen LogP contribution in [-0.2, 0) is 4.79 Å². The molecule has 25 heavy (non-hydrogen) atoms. The number of ketones is 1. The Bertz CT molecular complexity index is 714. The van der Waals surface area contributed by atoms with E-state index in [1.165, 1.54) is 6.92 Å². The first-order valence-electron chi connectivity index (χ1n) is 7.92. The number of carbonyl (C=O) groups excluding carboxylic acids is 2. The summed E-state index contributed by atoms with van der Waals surface area (Å²) in [5, 5.41) is 3.47. The molecule has 0 aliphatic heterocycles. The minimum Gasteiger partial charge on any atom is -0.492 e. The first-order chi connectivity index (χ1) is 11.9. The highest BCUT2D eigenvalue weighted by Crippen LogP contribution is 2.15. The van der Waals surface area contributed by atoms with Gasteiger partial charge >= 0.3 is 0 Å². The second-order valence-corrected chi connectivity index (χ2v) is 6.16. The number of anilines is 1. The molecular formula is C19H21ClN2O3. The molecule has 6 heteroatoms. The van der Waals surface area contributed by atoms with Crippen molar-refractivity contribution in [3.8, 4) is 5.75 Å². The summed E-state index contributed by atoms with van der Waals surface area (Å²) in [7, 11) is 1.85. The van der Waals surface area contributed by atoms with Crippen LogP contribution in [0, 0.1) is 0 Å². The molecule has 0 bridgehead atoms. The molecule has 1 amide bonds. The Balaban J connectivity index is 1.72. The summed E-state index contributed by atoms with van der Waals surface area (Å²) >= 11 is 5.82. The Morgan fingerprint density at radius 3 is 2.32 bits per heavy atom. The average molecular weight is 361 g/mol. The summed E-state index contributed by atoms with van der Waals surface area (Å²) in [5.41, 5.74) is 1.29. The van der Waals surface area contributed by atoms with Crippen LogP contribution in [0.5, 0.6) is 5.75 Å². The zero-order chi connectivity index (χ0) is 18.2. The number of ether oxygens (including phenoxy) is 1. The molecule has 0 aliphatic rings. The number of rotatable bonds is 8. The van der Waals surface area contributed by atoms with Crippen LogP contribution >= 0.6 is 11.6 Å². The van der Waals surface area contributed by atoms with Crippen LogP contribution in [0.1, 0.15) is 17.3 Å². The van der Waals surface area contributed by atoms with Crippen molar-refractivity contribution in [3.05, 3.63) is 59.1 Å². The molecule has 0 aromatic heterocycles. The lowest BCUT2D eigenvalue weighted by molar-refractivity contribution is -0.117. The van der Waals surface area contributed by atoms with E-state index in [9.17, 15) is 9.59 Å². The summed E-state index contributed by atoms with van der Waals surface area (Å²) in [5.74, 6) is 0.621. The van der Waals surface area contributed by atoms with Gasteiger partial charge in [-0.05, 0) is 62.5 Å². The minimum absolute atomic E-state index is 0.00158. The molecule has 0 fully saturated rings. The molecule has 0 atom stereocenters. The van der Waals surface area contributed by atoms with Crippen molar-refractivity contribution < 1.29 is 14.3 Å². The molecular weight excluding hydrogens is 340 g/mol. The summed E-state index contributed by atoms with van der Waals surface area (Å²) in [6.07, 6.45) is 0. The first kappa shape index (κ1) is 19.0. The smallest absolute Gasteiger partial charge is 0.238 e. The Kier molecular flexibility index (Phi) is 6.98. The van der Waals surface area contributed by atoms with Crippen LogP contribution < -0.4 is 10.1 Å². The number of carbonyl (C=O) groups is 2. The molecule has 2 aromatic carbocycles. The lowest BCUT2D eigenvalue weighted by atomic mass is 10.1. The topological polar surface area (TPSA) is 58.6 Å². The quantitative estimate of drug-likeness (QED) is 0.732. The maximum Gasteiger partial charge on any atom is 0.238 e. The number of likely N-dealkylation sites (N-methyl/N-ethyl adjacent to an activating group) is 1. The first-order valence-corrected chi connectivity index (χ1v) is 8.29. The molecule has 0 spiro atoms. The Morgan fingerprint density at radius 1 is 1.08 bits per heavy atom. The monoisotopic (exact) mass is 360 g/mol. The number of nitrogens with zero attached hydrogens (tertiary/aromatic N) is 1. The summed E-state index contributed by atoms with van der Waals surface area (Å²) in [6.45, 7) is 2.84. The van der Waals surface area contributed by atoms with Crippen molar-refractivity contribution in [2.75, 3.05) is 32.1 Å². The van der Waals surface area contributed by atoms with Crippen molar-refractivity contribution >= 4 is 29.0 Å². The zero-order valence-electron chi connectivity index (χ0n) is 14.3. The van der Waals surface area contributed by atoms with Crippen LogP contribution in [0.15, 0.2) is 48.5 Å². The molecule has 0 saturated carbocycles. The molecule has 0 aliphatic carbocycles. The van der Waals surface area contributed by atoms with Crippen molar-refractivity contribution in [1.29, 1.82) is 0 Å². The second kappa shape index (κ2) is 9.20. The molecule has 2 aromatic rings. The highest BCUT2D eigenvalue weighted by molar-refractivity contribution is 6.30. The highest BCUT2D eigenvalue weighted by Gasteiger charge is 2.08. The van der Waals surface area contributed by atoms with Gasteiger partial charge in [-0.15, -0.1) is 0 Å². The van der Waals surface area contributed by atoms with Crippen molar-refractivity contribution in [2.45, 2.75) is 6.92 Å². The number of amides is 1. The van der Waals surface area contributed by atoms with Gasteiger partial charge in [0, 0.05) is 22.8 Å². The summed E-state index contributed by atoms with van der Waals surface area (Å²) in [4.78, 5) is 25.1. The van der Waals surface area contributed by atoms with Crippen LogP contribution in [0.2, 0.25) is 5.02 Å². The van der Waals surface area contributed by atoms with Gasteiger partial charge in [0.05, 0.1) is 6.54 Å². The van der Waals surface area contributed by atoms with Gasteiger partial charge in [0.15, 0.2) is 5.78 Å². The molecule has 132 valence electrons. The molecule has 1 N–H and O–H groups in total. The van der Waals surface area contributed by atoms with Gasteiger partial charge in [0.2, 0.25) is 5.91 Å². The number of nitrogens with one attached hydrogen (secondary N) is 1. The van der Waals surface area contributed by atoms with Gasteiger partial charge in [-0.2, -0.15) is 0 Å². The number of hydrogen-bond acceptors (Lipinski definition) is 4. The van der Waals surface area contributed by atoms with Gasteiger partial charge in [0.25, 0.3) is 0 Å². The summed E-state index contributed by atoms with van der Waals surface area (Å²) in [6, 6.07) is 14.0. The number of Topliss-reactive ketones (excluding diaryl/α,β-unsaturated/α-hetero) is 1. The van der Waals surface area contributed by atoms with E-state index < -0.39 is 0 Å². The maximum atomic E-state index is 12.0. The molecule has 2 rings (SSSR count). The largest absolute Gasteiger partial charge is 0.492 e. The molecule has 5 nitrogen and oxygen atoms in total. The number of halogens is 1. The second-order valence-electron chi connectivity index (χ2n) is 5.72. The maximum absolute atomic E-state index is 12.0. The van der Waals surface area contributed by atoms with Gasteiger partial charge < -0.3 is 10.1 Å². The SMILES string of the molecule is CC(=O)c1ccc(NC(=O)CN(C)CCOc2ccc(Cl)cc2)cc1. The van der Waals surface area contributed by atoms with E-state index in [2.05, 4.69) is 5.32 Å². The van der Waals surface area contributed by atoms with Gasteiger partial charge in [0.1, 0.15) is 12.4 Å². The summed E-state index contributed by atoms with van der Waals surface area (Å²) < 4.78 is 5.60. The third-order valence-electron chi connectivity index (χ3n) is 3.54. The predicted octanol–water partition coefficient (Wildman–Crippen LogP) is 3.49. The van der Waals surface area contributed by atoms with Crippen molar-refractivity contribution in [2.24, 2.45) is 0 Å². The van der Waals surface area contributed by atoms with E-state index in [0.29, 0.717) is 29.4 Å². The van der Waals surface area contributed by atoms with E-state index in [1.807, 2.05) is 11.9 Å². The Labute approximate surface area is 152 Å². The number of benzene rings is 2. The zero-order valence-corrected chi connectivity index (χ0v) is 15.0. The van der Waals surface area contributed by atoms with Gasteiger partial charge in [-0.25, -0.2) is 0 Å². The Hall–Kier alpha value is -2.37. The fraction of sp³-hybridized carbons (Fsp3) is 0.263. The fourth-order valence-corrected chi connectivity index (χ4v) is 2.29. The minimum atomic E-state index is -0.121. The Morgan fingerprint density at radius 2 is 1.72 bits per heavy atom. The van der Waals surface area contributed by atoms with Gasteiger partial charge in [-0.3, -0.25) is 14.5 Å². The van der Waals surface area contributed by atoms with Crippen LogP contribution in [-0.4, -0.2) is 43.3 Å². The molecule has 0 radical (unpaired) electrons. The molecule has 0 saturated heterocycles. The van der Waals surface area contributed by atoms with Crippen LogP contribution in [0.25, 0.3) is 0 Å². The van der Waals surface area contributed by atoms with E-state index in [1.54, 1.807) is 48.5 Å². The van der Waals surface area contributed by atoms with Crippen molar-refractivity contribution in [3.63, 3.8) is 0 Å². The van der Waals surface area contributed by atoms with Gasteiger partial charge in [-0.1, -0.05) is 11.6 Å². The number of hydrogen-bond donors (Lipinski definition) is 1. The van der Waals surface area contributed by atoms with Crippen molar-refractivity contribution in [1.82, 2.24) is 4.90 Å². The van der Waals surface area contributed by atoms with E-state index in [-0.39, 0.29) is 18.2 Å². The fourth-order valence-electron chi connectivity index (χ4n) is 2.16. The van der Waals surface area contributed by atoms with E-state index in [4.69, 9.17) is 16.3 Å². The third kappa shape index (κ3) is 6.57. The van der Waals surface area contributed by atoms with E-state index in [0.717, 1.165) is 5.75 Å².